The summed E-state index contributed by atoms with van der Waals surface area (Å²) >= 11 is 0. The van der Waals surface area contributed by atoms with E-state index in [9.17, 15) is 0 Å². The van der Waals surface area contributed by atoms with E-state index in [2.05, 4.69) is 28.9 Å². The normalized spacial score (nSPS) is 11.3. The van der Waals surface area contributed by atoms with Crippen LogP contribution in [0.2, 0.25) is 0 Å². The Labute approximate surface area is 75.6 Å². The van der Waals surface area contributed by atoms with Gasteiger partial charge in [0.15, 0.2) is 5.65 Å². The number of imidazole rings is 1. The number of aromatic nitrogens is 4. The summed E-state index contributed by atoms with van der Waals surface area (Å²) < 4.78 is 1.73. The Hall–Kier alpha value is -1.65. The van der Waals surface area contributed by atoms with Crippen LogP contribution in [0.25, 0.3) is 5.65 Å². The van der Waals surface area contributed by atoms with Crippen LogP contribution in [0.4, 0.5) is 5.82 Å². The molecule has 0 unspecified atom stereocenters. The molecule has 0 saturated carbocycles. The number of nitrogen functional groups attached to an aromatic ring is 1. The average Bonchev–Trinajstić information content (AvgIpc) is 2.39. The molecule has 2 rings (SSSR count). The van der Waals surface area contributed by atoms with Crippen LogP contribution >= 0.6 is 0 Å². The Balaban J connectivity index is 2.78. The quantitative estimate of drug-likeness (QED) is 0.700. The molecule has 13 heavy (non-hydrogen) atoms. The average molecular weight is 177 g/mol. The predicted octanol–water partition coefficient (Wildman–Crippen LogP) is 0.830. The fourth-order valence-electron chi connectivity index (χ4n) is 1.39. The van der Waals surface area contributed by atoms with Gasteiger partial charge in [0.1, 0.15) is 12.1 Å². The van der Waals surface area contributed by atoms with Gasteiger partial charge in [-0.3, -0.25) is 0 Å². The van der Waals surface area contributed by atoms with Gasteiger partial charge < -0.3 is 5.73 Å². The van der Waals surface area contributed by atoms with Gasteiger partial charge in [0.2, 0.25) is 0 Å². The second-order valence-electron chi connectivity index (χ2n) is 3.22. The van der Waals surface area contributed by atoms with E-state index in [0.29, 0.717) is 17.4 Å². The van der Waals surface area contributed by atoms with Gasteiger partial charge in [-0.15, -0.1) is 0 Å². The molecule has 0 fully saturated rings. The van der Waals surface area contributed by atoms with Crippen LogP contribution < -0.4 is 5.73 Å². The summed E-state index contributed by atoms with van der Waals surface area (Å²) in [5, 5.41) is 4.09. The van der Waals surface area contributed by atoms with Crippen molar-refractivity contribution in [2.24, 2.45) is 0 Å². The molecule has 0 aliphatic rings. The standard InChI is InChI=1S/C8H11N5/c1-5(2)7-8(9)12-6-3-10-4-11-13(6)7/h3-5H,9H2,1-2H3. The number of hydrogen-bond donors (Lipinski definition) is 1. The molecular formula is C8H11N5. The lowest BCUT2D eigenvalue weighted by Gasteiger charge is -2.03. The lowest BCUT2D eigenvalue weighted by Crippen LogP contribution is -2.01. The molecule has 5 nitrogen and oxygen atoms in total. The molecule has 0 bridgehead atoms. The first-order chi connectivity index (χ1) is 6.20. The number of rotatable bonds is 1. The maximum absolute atomic E-state index is 5.75. The highest BCUT2D eigenvalue weighted by Crippen LogP contribution is 2.20. The minimum atomic E-state index is 0.310. The molecule has 0 amide bonds. The third-order valence-corrected chi connectivity index (χ3v) is 1.91. The summed E-state index contributed by atoms with van der Waals surface area (Å²) in [5.41, 5.74) is 7.39. The third kappa shape index (κ3) is 1.12. The molecule has 2 heterocycles. The highest BCUT2D eigenvalue weighted by Gasteiger charge is 2.12. The number of fused-ring (bicyclic) bond motifs is 1. The Morgan fingerprint density at radius 3 is 2.92 bits per heavy atom. The van der Waals surface area contributed by atoms with Crippen molar-refractivity contribution in [1.82, 2.24) is 19.6 Å². The molecule has 0 radical (unpaired) electrons. The summed E-state index contributed by atoms with van der Waals surface area (Å²) in [6.45, 7) is 4.11. The first kappa shape index (κ1) is 7.97. The third-order valence-electron chi connectivity index (χ3n) is 1.91. The van der Waals surface area contributed by atoms with Crippen LogP contribution in [0.3, 0.4) is 0 Å². The second kappa shape index (κ2) is 2.69. The topological polar surface area (TPSA) is 69.1 Å². The maximum atomic E-state index is 5.75. The fraction of sp³-hybridized carbons (Fsp3) is 0.375. The molecule has 0 spiro atoms. The van der Waals surface area contributed by atoms with Crippen molar-refractivity contribution in [2.75, 3.05) is 5.73 Å². The van der Waals surface area contributed by atoms with Gasteiger partial charge in [-0.1, -0.05) is 13.8 Å². The van der Waals surface area contributed by atoms with E-state index in [0.717, 1.165) is 5.69 Å². The van der Waals surface area contributed by atoms with E-state index in [1.165, 1.54) is 6.33 Å². The van der Waals surface area contributed by atoms with Crippen molar-refractivity contribution in [3.05, 3.63) is 18.2 Å². The smallest absolute Gasteiger partial charge is 0.174 e. The van der Waals surface area contributed by atoms with Crippen molar-refractivity contribution in [1.29, 1.82) is 0 Å². The minimum Gasteiger partial charge on any atom is -0.382 e. The molecular weight excluding hydrogens is 166 g/mol. The van der Waals surface area contributed by atoms with Crippen LogP contribution in [-0.2, 0) is 0 Å². The van der Waals surface area contributed by atoms with Crippen molar-refractivity contribution in [2.45, 2.75) is 19.8 Å². The van der Waals surface area contributed by atoms with Gasteiger partial charge in [0.05, 0.1) is 11.9 Å². The van der Waals surface area contributed by atoms with Gasteiger partial charge in [-0.2, -0.15) is 5.10 Å². The zero-order chi connectivity index (χ0) is 9.42. The maximum Gasteiger partial charge on any atom is 0.174 e. The predicted molar refractivity (Wildman–Crippen MR) is 49.3 cm³/mol. The van der Waals surface area contributed by atoms with Crippen molar-refractivity contribution in [3.8, 4) is 0 Å². The summed E-state index contributed by atoms with van der Waals surface area (Å²) in [7, 11) is 0. The lowest BCUT2D eigenvalue weighted by molar-refractivity contribution is 0.753. The molecule has 68 valence electrons. The van der Waals surface area contributed by atoms with Gasteiger partial charge in [0, 0.05) is 0 Å². The molecule has 2 aromatic rings. The Bertz CT molecular complexity index is 431. The lowest BCUT2D eigenvalue weighted by atomic mass is 10.1. The molecule has 0 atom stereocenters. The van der Waals surface area contributed by atoms with E-state index >= 15 is 0 Å². The molecule has 2 N–H and O–H groups in total. The summed E-state index contributed by atoms with van der Waals surface area (Å²) in [6, 6.07) is 0. The molecule has 2 aromatic heterocycles. The Kier molecular flexibility index (Phi) is 1.65. The Morgan fingerprint density at radius 1 is 1.46 bits per heavy atom. The van der Waals surface area contributed by atoms with Crippen LogP contribution in [0.5, 0.6) is 0 Å². The monoisotopic (exact) mass is 177 g/mol. The molecule has 5 heteroatoms. The fourth-order valence-corrected chi connectivity index (χ4v) is 1.39. The van der Waals surface area contributed by atoms with E-state index < -0.39 is 0 Å². The molecule has 0 aliphatic carbocycles. The van der Waals surface area contributed by atoms with E-state index in [1.807, 2.05) is 0 Å². The minimum absolute atomic E-state index is 0.310. The van der Waals surface area contributed by atoms with Crippen LogP contribution in [0, 0.1) is 0 Å². The number of hydrogen-bond acceptors (Lipinski definition) is 4. The molecule has 0 aromatic carbocycles. The second-order valence-corrected chi connectivity index (χ2v) is 3.22. The zero-order valence-electron chi connectivity index (χ0n) is 7.60. The number of nitrogens with two attached hydrogens (primary N) is 1. The summed E-state index contributed by atoms with van der Waals surface area (Å²) in [5.74, 6) is 0.848. The van der Waals surface area contributed by atoms with Crippen molar-refractivity contribution < 1.29 is 0 Å². The Morgan fingerprint density at radius 2 is 2.23 bits per heavy atom. The van der Waals surface area contributed by atoms with Gasteiger partial charge in [-0.05, 0) is 5.92 Å². The zero-order valence-corrected chi connectivity index (χ0v) is 7.60. The van der Waals surface area contributed by atoms with Gasteiger partial charge in [-0.25, -0.2) is 14.5 Å². The van der Waals surface area contributed by atoms with E-state index in [-0.39, 0.29) is 0 Å². The first-order valence-electron chi connectivity index (χ1n) is 4.14. The summed E-state index contributed by atoms with van der Waals surface area (Å²) in [4.78, 5) is 8.03. The molecule has 0 aliphatic heterocycles. The summed E-state index contributed by atoms with van der Waals surface area (Å²) in [6.07, 6.45) is 3.13. The largest absolute Gasteiger partial charge is 0.382 e. The van der Waals surface area contributed by atoms with Gasteiger partial charge >= 0.3 is 0 Å². The highest BCUT2D eigenvalue weighted by molar-refractivity contribution is 5.50. The number of anilines is 1. The van der Waals surface area contributed by atoms with Gasteiger partial charge in [0.25, 0.3) is 0 Å². The van der Waals surface area contributed by atoms with E-state index in [4.69, 9.17) is 5.73 Å². The van der Waals surface area contributed by atoms with Crippen LogP contribution in [-0.4, -0.2) is 19.6 Å². The first-order valence-corrected chi connectivity index (χ1v) is 4.14. The molecule has 0 saturated heterocycles. The van der Waals surface area contributed by atoms with Crippen LogP contribution in [0.15, 0.2) is 12.5 Å². The van der Waals surface area contributed by atoms with Crippen LogP contribution in [0.1, 0.15) is 25.5 Å². The van der Waals surface area contributed by atoms with Crippen molar-refractivity contribution in [3.63, 3.8) is 0 Å². The van der Waals surface area contributed by atoms with Crippen molar-refractivity contribution >= 4 is 11.5 Å². The SMILES string of the molecule is CC(C)c1c(N)nc2cncnn12. The highest BCUT2D eigenvalue weighted by atomic mass is 15.3. The van der Waals surface area contributed by atoms with E-state index in [1.54, 1.807) is 10.7 Å². The number of nitrogens with zero attached hydrogens (tertiary/aromatic N) is 4.